The van der Waals surface area contributed by atoms with Crippen molar-refractivity contribution in [3.63, 3.8) is 0 Å². The van der Waals surface area contributed by atoms with Crippen LogP contribution in [0.15, 0.2) is 12.1 Å². The van der Waals surface area contributed by atoms with Crippen LogP contribution in [0.3, 0.4) is 0 Å². The van der Waals surface area contributed by atoms with Crippen molar-refractivity contribution in [3.05, 3.63) is 22.7 Å². The van der Waals surface area contributed by atoms with E-state index in [0.717, 1.165) is 18.5 Å². The van der Waals surface area contributed by atoms with E-state index in [2.05, 4.69) is 25.8 Å². The molecule has 0 aliphatic heterocycles. The molecule has 1 aromatic carbocycles. The van der Waals surface area contributed by atoms with Crippen LogP contribution in [0, 0.1) is 0 Å². The molecule has 1 aromatic rings. The lowest BCUT2D eigenvalue weighted by Gasteiger charge is -2.23. The van der Waals surface area contributed by atoms with E-state index in [9.17, 15) is 5.11 Å². The Bertz CT molecular complexity index is 382. The third-order valence-corrected chi connectivity index (χ3v) is 3.37. The van der Waals surface area contributed by atoms with E-state index < -0.39 is 0 Å². The number of benzene rings is 1. The van der Waals surface area contributed by atoms with Crippen LogP contribution in [0.1, 0.15) is 25.8 Å². The number of phenols is 1. The second-order valence-electron chi connectivity index (χ2n) is 4.30. The molecular weight excluding hydrogens is 238 g/mol. The van der Waals surface area contributed by atoms with Crippen LogP contribution >= 0.6 is 11.6 Å². The highest BCUT2D eigenvalue weighted by molar-refractivity contribution is 6.32. The number of rotatable bonds is 5. The minimum atomic E-state index is 0.00381. The second kappa shape index (κ2) is 6.12. The van der Waals surface area contributed by atoms with Gasteiger partial charge in [0.15, 0.2) is 11.5 Å². The van der Waals surface area contributed by atoms with Gasteiger partial charge in [-0.05, 0) is 38.1 Å². The van der Waals surface area contributed by atoms with Crippen LogP contribution < -0.4 is 4.74 Å². The van der Waals surface area contributed by atoms with Gasteiger partial charge in [0.25, 0.3) is 0 Å². The van der Waals surface area contributed by atoms with Crippen molar-refractivity contribution in [3.8, 4) is 11.5 Å². The van der Waals surface area contributed by atoms with Crippen molar-refractivity contribution in [1.82, 2.24) is 4.90 Å². The molecule has 1 N–H and O–H groups in total. The fourth-order valence-corrected chi connectivity index (χ4v) is 1.86. The highest BCUT2D eigenvalue weighted by Gasteiger charge is 2.12. The fourth-order valence-electron chi connectivity index (χ4n) is 1.63. The molecule has 0 saturated heterocycles. The first-order valence-electron chi connectivity index (χ1n) is 5.75. The van der Waals surface area contributed by atoms with Gasteiger partial charge in [-0.25, -0.2) is 0 Å². The van der Waals surface area contributed by atoms with Crippen molar-refractivity contribution >= 4 is 11.6 Å². The van der Waals surface area contributed by atoms with Gasteiger partial charge >= 0.3 is 0 Å². The first-order chi connectivity index (χ1) is 7.99. The zero-order valence-corrected chi connectivity index (χ0v) is 11.6. The summed E-state index contributed by atoms with van der Waals surface area (Å²) in [5.41, 5.74) is 1.03. The Morgan fingerprint density at radius 2 is 2.12 bits per heavy atom. The monoisotopic (exact) mass is 257 g/mol. The average Bonchev–Trinajstić information content (AvgIpc) is 2.32. The fraction of sp³-hybridized carbons (Fsp3) is 0.538. The zero-order chi connectivity index (χ0) is 13.0. The van der Waals surface area contributed by atoms with Crippen LogP contribution in [0.2, 0.25) is 5.02 Å². The molecule has 0 aliphatic carbocycles. The standard InChI is InChI=1S/C13H20ClNO2/c1-5-9(2)15(3)8-10-6-11(14)13(16)12(7-10)17-4/h6-7,9,16H,5,8H2,1-4H3. The maximum absolute atomic E-state index is 9.64. The minimum absolute atomic E-state index is 0.00381. The Morgan fingerprint density at radius 1 is 1.47 bits per heavy atom. The number of hydrogen-bond acceptors (Lipinski definition) is 3. The highest BCUT2D eigenvalue weighted by atomic mass is 35.5. The van der Waals surface area contributed by atoms with Gasteiger partial charge in [-0.2, -0.15) is 0 Å². The van der Waals surface area contributed by atoms with E-state index in [0.29, 0.717) is 16.8 Å². The number of aromatic hydroxyl groups is 1. The van der Waals surface area contributed by atoms with E-state index in [1.165, 1.54) is 7.11 Å². The number of halogens is 1. The molecule has 96 valence electrons. The Labute approximate surface area is 108 Å². The molecule has 0 aromatic heterocycles. The van der Waals surface area contributed by atoms with Crippen molar-refractivity contribution in [2.45, 2.75) is 32.9 Å². The number of methoxy groups -OCH3 is 1. The molecule has 17 heavy (non-hydrogen) atoms. The molecule has 0 fully saturated rings. The van der Waals surface area contributed by atoms with Gasteiger partial charge in [0.05, 0.1) is 12.1 Å². The van der Waals surface area contributed by atoms with Crippen molar-refractivity contribution in [1.29, 1.82) is 0 Å². The summed E-state index contributed by atoms with van der Waals surface area (Å²) in [7, 11) is 3.59. The predicted octanol–water partition coefficient (Wildman–Crippen LogP) is 3.28. The molecule has 0 saturated carbocycles. The average molecular weight is 258 g/mol. The number of ether oxygens (including phenoxy) is 1. The van der Waals surface area contributed by atoms with Gasteiger partial charge < -0.3 is 9.84 Å². The lowest BCUT2D eigenvalue weighted by atomic mass is 10.1. The minimum Gasteiger partial charge on any atom is -0.503 e. The summed E-state index contributed by atoms with van der Waals surface area (Å²) in [6.45, 7) is 5.12. The molecule has 0 heterocycles. The number of phenolic OH excluding ortho intramolecular Hbond substituents is 1. The molecule has 4 heteroatoms. The summed E-state index contributed by atoms with van der Waals surface area (Å²) in [5, 5.41) is 9.97. The van der Waals surface area contributed by atoms with Crippen LogP contribution in [-0.4, -0.2) is 30.2 Å². The Kier molecular flexibility index (Phi) is 5.09. The molecule has 0 radical (unpaired) electrons. The summed E-state index contributed by atoms with van der Waals surface area (Å²) in [6.07, 6.45) is 1.10. The normalized spacial score (nSPS) is 12.8. The van der Waals surface area contributed by atoms with E-state index in [1.54, 1.807) is 6.07 Å². The van der Waals surface area contributed by atoms with Crippen LogP contribution in [0.4, 0.5) is 0 Å². The topological polar surface area (TPSA) is 32.7 Å². The molecule has 0 bridgehead atoms. The largest absolute Gasteiger partial charge is 0.503 e. The molecule has 1 rings (SSSR count). The molecule has 0 aliphatic rings. The maximum atomic E-state index is 9.64. The second-order valence-corrected chi connectivity index (χ2v) is 4.71. The third-order valence-electron chi connectivity index (χ3n) is 3.08. The third kappa shape index (κ3) is 3.51. The van der Waals surface area contributed by atoms with E-state index in [-0.39, 0.29) is 5.75 Å². The lowest BCUT2D eigenvalue weighted by molar-refractivity contribution is 0.243. The summed E-state index contributed by atoms with van der Waals surface area (Å²) in [4.78, 5) is 2.24. The van der Waals surface area contributed by atoms with Gasteiger partial charge in [0, 0.05) is 12.6 Å². The molecule has 0 amide bonds. The molecule has 1 unspecified atom stereocenters. The first kappa shape index (κ1) is 14.1. The SMILES string of the molecule is CCC(C)N(C)Cc1cc(Cl)c(O)c(OC)c1. The highest BCUT2D eigenvalue weighted by Crippen LogP contribution is 2.35. The molecule has 3 nitrogen and oxygen atoms in total. The van der Waals surface area contributed by atoms with Crippen molar-refractivity contribution in [2.75, 3.05) is 14.2 Å². The van der Waals surface area contributed by atoms with E-state index in [4.69, 9.17) is 16.3 Å². The zero-order valence-electron chi connectivity index (χ0n) is 10.8. The maximum Gasteiger partial charge on any atom is 0.176 e. The number of hydrogen-bond donors (Lipinski definition) is 1. The molecular formula is C13H20ClNO2. The summed E-state index contributed by atoms with van der Waals surface area (Å²) in [6, 6.07) is 4.10. The van der Waals surface area contributed by atoms with Gasteiger partial charge in [-0.3, -0.25) is 4.90 Å². The Hall–Kier alpha value is -0.930. The summed E-state index contributed by atoms with van der Waals surface area (Å²) >= 11 is 5.95. The van der Waals surface area contributed by atoms with Gasteiger partial charge in [-0.15, -0.1) is 0 Å². The van der Waals surface area contributed by atoms with Crippen molar-refractivity contribution in [2.24, 2.45) is 0 Å². The van der Waals surface area contributed by atoms with Crippen LogP contribution in [0.5, 0.6) is 11.5 Å². The first-order valence-corrected chi connectivity index (χ1v) is 6.13. The lowest BCUT2D eigenvalue weighted by Crippen LogP contribution is -2.27. The summed E-state index contributed by atoms with van der Waals surface area (Å²) < 4.78 is 5.08. The Morgan fingerprint density at radius 3 is 2.65 bits per heavy atom. The summed E-state index contributed by atoms with van der Waals surface area (Å²) in [5.74, 6) is 0.425. The quantitative estimate of drug-likeness (QED) is 0.879. The van der Waals surface area contributed by atoms with E-state index in [1.807, 2.05) is 6.07 Å². The molecule has 1 atom stereocenters. The van der Waals surface area contributed by atoms with Gasteiger partial charge in [0.2, 0.25) is 0 Å². The Balaban J connectivity index is 2.89. The van der Waals surface area contributed by atoms with Crippen LogP contribution in [0.25, 0.3) is 0 Å². The van der Waals surface area contributed by atoms with Gasteiger partial charge in [-0.1, -0.05) is 18.5 Å². The number of nitrogens with zero attached hydrogens (tertiary/aromatic N) is 1. The predicted molar refractivity (Wildman–Crippen MR) is 70.9 cm³/mol. The van der Waals surface area contributed by atoms with Gasteiger partial charge in [0.1, 0.15) is 0 Å². The smallest absolute Gasteiger partial charge is 0.176 e. The van der Waals surface area contributed by atoms with Crippen LogP contribution in [-0.2, 0) is 6.54 Å². The molecule has 0 spiro atoms. The van der Waals surface area contributed by atoms with E-state index >= 15 is 0 Å². The van der Waals surface area contributed by atoms with Crippen molar-refractivity contribution < 1.29 is 9.84 Å².